The van der Waals surface area contributed by atoms with Crippen LogP contribution in [0.4, 0.5) is 11.4 Å². The van der Waals surface area contributed by atoms with Gasteiger partial charge in [0.1, 0.15) is 5.52 Å². The van der Waals surface area contributed by atoms with Gasteiger partial charge in [-0.2, -0.15) is 0 Å². The van der Waals surface area contributed by atoms with E-state index in [4.69, 9.17) is 16.6 Å². The molecule has 7 heteroatoms. The number of thiocarbonyl (C=S) groups is 1. The maximum Gasteiger partial charge on any atom is 0.227 e. The average Bonchev–Trinajstić information content (AvgIpc) is 3.17. The lowest BCUT2D eigenvalue weighted by atomic mass is 10.2. The minimum Gasteiger partial charge on any atom is -0.436 e. The number of fused-ring (bicyclic) bond motifs is 1. The van der Waals surface area contributed by atoms with Crippen molar-refractivity contribution in [1.82, 2.24) is 10.3 Å². The predicted octanol–water partition coefficient (Wildman–Crippen LogP) is 5.34. The van der Waals surface area contributed by atoms with Gasteiger partial charge in [-0.05, 0) is 75.0 Å². The number of nitrogens with one attached hydrogen (secondary N) is 2. The van der Waals surface area contributed by atoms with Gasteiger partial charge in [0.25, 0.3) is 0 Å². The molecule has 6 nitrogen and oxygen atoms in total. The Morgan fingerprint density at radius 2 is 1.83 bits per heavy atom. The summed E-state index contributed by atoms with van der Waals surface area (Å²) in [5.74, 6) is 0.496. The molecule has 0 bridgehead atoms. The summed E-state index contributed by atoms with van der Waals surface area (Å²) in [6.07, 6.45) is 2.28. The molecule has 0 spiro atoms. The second kappa shape index (κ2) is 10.2. The molecular formula is C23H28N4O2S. The van der Waals surface area contributed by atoms with Gasteiger partial charge in [0, 0.05) is 36.4 Å². The molecule has 2 aromatic carbocycles. The largest absolute Gasteiger partial charge is 0.436 e. The lowest BCUT2D eigenvalue weighted by Crippen LogP contribution is -2.33. The molecule has 0 saturated carbocycles. The third kappa shape index (κ3) is 5.36. The van der Waals surface area contributed by atoms with Crippen LogP contribution in [0.15, 0.2) is 46.9 Å². The van der Waals surface area contributed by atoms with Gasteiger partial charge < -0.3 is 20.0 Å². The minimum absolute atomic E-state index is 0.0766. The van der Waals surface area contributed by atoms with Gasteiger partial charge in [0.15, 0.2) is 10.7 Å². The first-order chi connectivity index (χ1) is 14.5. The van der Waals surface area contributed by atoms with E-state index in [9.17, 15) is 4.79 Å². The number of hydrogen-bond donors (Lipinski definition) is 2. The van der Waals surface area contributed by atoms with E-state index in [0.29, 0.717) is 17.9 Å². The molecule has 3 aromatic rings. The summed E-state index contributed by atoms with van der Waals surface area (Å²) < 4.78 is 5.92. The summed E-state index contributed by atoms with van der Waals surface area (Å²) in [6.45, 7) is 8.27. The van der Waals surface area contributed by atoms with Crippen molar-refractivity contribution in [2.75, 3.05) is 23.3 Å². The second-order valence-corrected chi connectivity index (χ2v) is 7.43. The maximum absolute atomic E-state index is 11.8. The van der Waals surface area contributed by atoms with Gasteiger partial charge in [-0.1, -0.05) is 13.3 Å². The number of benzene rings is 2. The minimum atomic E-state index is -0.0766. The van der Waals surface area contributed by atoms with E-state index in [1.165, 1.54) is 5.69 Å². The van der Waals surface area contributed by atoms with Crippen molar-refractivity contribution in [3.63, 3.8) is 0 Å². The van der Waals surface area contributed by atoms with Crippen LogP contribution in [-0.2, 0) is 4.79 Å². The molecule has 1 aromatic heterocycles. The van der Waals surface area contributed by atoms with Crippen LogP contribution < -0.4 is 15.5 Å². The number of anilines is 2. The number of carbonyl (C=O) groups is 1. The molecule has 0 unspecified atom stereocenters. The van der Waals surface area contributed by atoms with Crippen molar-refractivity contribution in [3.8, 4) is 11.5 Å². The predicted molar refractivity (Wildman–Crippen MR) is 127 cm³/mol. The molecule has 0 fully saturated rings. The van der Waals surface area contributed by atoms with Crippen LogP contribution in [0.25, 0.3) is 22.6 Å². The number of aromatic nitrogens is 1. The zero-order valence-corrected chi connectivity index (χ0v) is 18.5. The summed E-state index contributed by atoms with van der Waals surface area (Å²) in [6, 6.07) is 13.8. The van der Waals surface area contributed by atoms with Gasteiger partial charge in [-0.15, -0.1) is 0 Å². The summed E-state index contributed by atoms with van der Waals surface area (Å²) in [5.41, 5.74) is 4.28. The van der Waals surface area contributed by atoms with Crippen LogP contribution >= 0.6 is 12.2 Å². The van der Waals surface area contributed by atoms with Crippen LogP contribution in [0, 0.1) is 0 Å². The normalized spacial score (nSPS) is 10.8. The van der Waals surface area contributed by atoms with Crippen LogP contribution in [0.3, 0.4) is 0 Å². The molecule has 2 N–H and O–H groups in total. The summed E-state index contributed by atoms with van der Waals surface area (Å²) >= 11 is 5.23. The highest BCUT2D eigenvalue weighted by molar-refractivity contribution is 7.80. The van der Waals surface area contributed by atoms with E-state index in [1.54, 1.807) is 0 Å². The van der Waals surface area contributed by atoms with Crippen molar-refractivity contribution in [1.29, 1.82) is 0 Å². The van der Waals surface area contributed by atoms with Crippen LogP contribution in [0.2, 0.25) is 0 Å². The van der Waals surface area contributed by atoms with Crippen molar-refractivity contribution >= 4 is 45.7 Å². The van der Waals surface area contributed by atoms with Gasteiger partial charge in [-0.25, -0.2) is 4.98 Å². The molecule has 3 rings (SSSR count). The Morgan fingerprint density at radius 1 is 1.10 bits per heavy atom. The fraction of sp³-hybridized carbons (Fsp3) is 0.348. The molecule has 0 radical (unpaired) electrons. The topological polar surface area (TPSA) is 70.4 Å². The summed E-state index contributed by atoms with van der Waals surface area (Å²) in [4.78, 5) is 18.7. The molecule has 0 aliphatic rings. The molecule has 30 heavy (non-hydrogen) atoms. The van der Waals surface area contributed by atoms with E-state index in [-0.39, 0.29) is 11.0 Å². The lowest BCUT2D eigenvalue weighted by molar-refractivity contribution is -0.119. The fourth-order valence-electron chi connectivity index (χ4n) is 3.22. The Bertz CT molecular complexity index is 1010. The van der Waals surface area contributed by atoms with Crippen LogP contribution in [0.1, 0.15) is 40.0 Å². The quantitative estimate of drug-likeness (QED) is 0.476. The van der Waals surface area contributed by atoms with E-state index in [2.05, 4.69) is 46.5 Å². The third-order valence-corrected chi connectivity index (χ3v) is 5.10. The monoisotopic (exact) mass is 424 g/mol. The SMILES string of the molecule is CCCCC(=O)NC(=S)Nc1ccc2oc(-c3ccc(N(CC)CC)cc3)nc2c1. The maximum atomic E-state index is 11.8. The number of nitrogens with zero attached hydrogens (tertiary/aromatic N) is 2. The zero-order valence-electron chi connectivity index (χ0n) is 17.7. The zero-order chi connectivity index (χ0) is 21.5. The highest BCUT2D eigenvalue weighted by Gasteiger charge is 2.11. The molecule has 0 aliphatic carbocycles. The van der Waals surface area contributed by atoms with Crippen molar-refractivity contribution in [2.24, 2.45) is 0 Å². The summed E-state index contributed by atoms with van der Waals surface area (Å²) in [7, 11) is 0. The molecule has 158 valence electrons. The van der Waals surface area contributed by atoms with Crippen LogP contribution in [-0.4, -0.2) is 29.1 Å². The van der Waals surface area contributed by atoms with Crippen molar-refractivity contribution in [3.05, 3.63) is 42.5 Å². The van der Waals surface area contributed by atoms with Crippen molar-refractivity contribution < 1.29 is 9.21 Å². The highest BCUT2D eigenvalue weighted by Crippen LogP contribution is 2.27. The Balaban J connectivity index is 1.71. The Kier molecular flexibility index (Phi) is 7.41. The fourth-order valence-corrected chi connectivity index (χ4v) is 3.45. The first-order valence-corrected chi connectivity index (χ1v) is 10.8. The Morgan fingerprint density at radius 3 is 2.50 bits per heavy atom. The molecule has 1 amide bonds. The van der Waals surface area contributed by atoms with Gasteiger partial charge in [0.05, 0.1) is 0 Å². The third-order valence-electron chi connectivity index (χ3n) is 4.90. The van der Waals surface area contributed by atoms with E-state index in [1.807, 2.05) is 37.3 Å². The number of unbranched alkanes of at least 4 members (excludes halogenated alkanes) is 1. The molecule has 0 atom stereocenters. The van der Waals surface area contributed by atoms with Gasteiger partial charge in [0.2, 0.25) is 11.8 Å². The van der Waals surface area contributed by atoms with Gasteiger partial charge >= 0.3 is 0 Å². The number of oxazole rings is 1. The molecule has 0 aliphatic heterocycles. The molecular weight excluding hydrogens is 396 g/mol. The van der Waals surface area contributed by atoms with Gasteiger partial charge in [-0.3, -0.25) is 4.79 Å². The number of amides is 1. The average molecular weight is 425 g/mol. The van der Waals surface area contributed by atoms with E-state index < -0.39 is 0 Å². The van der Waals surface area contributed by atoms with Crippen LogP contribution in [0.5, 0.6) is 0 Å². The Labute approximate surface area is 182 Å². The molecule has 1 heterocycles. The van der Waals surface area contributed by atoms with E-state index in [0.717, 1.165) is 42.7 Å². The highest BCUT2D eigenvalue weighted by atomic mass is 32.1. The number of carbonyl (C=O) groups excluding carboxylic acids is 1. The van der Waals surface area contributed by atoms with Crippen molar-refractivity contribution in [2.45, 2.75) is 40.0 Å². The standard InChI is InChI=1S/C23H28N4O2S/c1-4-7-8-21(28)26-23(30)24-17-11-14-20-19(15-17)25-22(29-20)16-9-12-18(13-10-16)27(5-2)6-3/h9-15H,4-8H2,1-3H3,(H2,24,26,28,30). The number of hydrogen-bond acceptors (Lipinski definition) is 5. The first-order valence-electron chi connectivity index (χ1n) is 10.4. The molecule has 0 saturated heterocycles. The summed E-state index contributed by atoms with van der Waals surface area (Å²) in [5, 5.41) is 6.02. The second-order valence-electron chi connectivity index (χ2n) is 7.03. The first kappa shape index (κ1) is 21.8. The number of rotatable bonds is 8. The lowest BCUT2D eigenvalue weighted by Gasteiger charge is -2.20. The smallest absolute Gasteiger partial charge is 0.227 e. The van der Waals surface area contributed by atoms with E-state index >= 15 is 0 Å². The Hall–Kier alpha value is -2.93.